The molecule has 0 aliphatic carbocycles. The number of nitrogens with zero attached hydrogens (tertiary/aromatic N) is 3. The lowest BCUT2D eigenvalue weighted by Gasteiger charge is -2.25. The van der Waals surface area contributed by atoms with E-state index in [1.54, 1.807) is 6.33 Å². The van der Waals surface area contributed by atoms with Crippen molar-refractivity contribution in [3.05, 3.63) is 59.1 Å². The van der Waals surface area contributed by atoms with Crippen LogP contribution in [0.1, 0.15) is 21.9 Å². The first-order valence-corrected chi connectivity index (χ1v) is 9.00. The third-order valence-electron chi connectivity index (χ3n) is 4.55. The number of para-hydroxylation sites is 1. The predicted molar refractivity (Wildman–Crippen MR) is 96.4 cm³/mol. The number of H-pyrrole nitrogens is 2. The van der Waals surface area contributed by atoms with Gasteiger partial charge in [-0.3, -0.25) is 4.79 Å². The number of aromatic nitrogens is 4. The van der Waals surface area contributed by atoms with E-state index in [2.05, 4.69) is 32.1 Å². The molecule has 124 valence electrons. The Bertz CT molecular complexity index is 1040. The summed E-state index contributed by atoms with van der Waals surface area (Å²) in [5, 5.41) is 3.81. The van der Waals surface area contributed by atoms with Gasteiger partial charge in [-0.2, -0.15) is 0 Å². The largest absolute Gasteiger partial charge is 0.353 e. The van der Waals surface area contributed by atoms with Gasteiger partial charge < -0.3 is 14.9 Å². The normalized spacial score (nSPS) is 14.0. The van der Waals surface area contributed by atoms with Crippen LogP contribution in [0.25, 0.3) is 21.6 Å². The predicted octanol–water partition coefficient (Wildman–Crippen LogP) is 3.21. The minimum Gasteiger partial charge on any atom is -0.353 e. The fourth-order valence-corrected chi connectivity index (χ4v) is 4.00. The molecule has 3 aromatic heterocycles. The summed E-state index contributed by atoms with van der Waals surface area (Å²) >= 11 is 1.49. The zero-order valence-corrected chi connectivity index (χ0v) is 14.1. The van der Waals surface area contributed by atoms with Gasteiger partial charge in [0.1, 0.15) is 10.7 Å². The molecule has 0 unspecified atom stereocenters. The van der Waals surface area contributed by atoms with Gasteiger partial charge in [0.25, 0.3) is 5.91 Å². The Labute approximate surface area is 147 Å². The first kappa shape index (κ1) is 14.4. The molecule has 6 nitrogen and oxygen atoms in total. The van der Waals surface area contributed by atoms with Crippen molar-refractivity contribution in [2.45, 2.75) is 13.0 Å². The molecule has 0 radical (unpaired) electrons. The highest BCUT2D eigenvalue weighted by atomic mass is 32.1. The Hall–Kier alpha value is -2.93. The van der Waals surface area contributed by atoms with Crippen molar-refractivity contribution in [2.24, 2.45) is 0 Å². The van der Waals surface area contributed by atoms with Crippen LogP contribution in [0.5, 0.6) is 0 Å². The number of carbonyl (C=O) groups is 1. The number of carbonyl (C=O) groups excluding carboxylic acids is 1. The smallest absolute Gasteiger partial charge is 0.273 e. The van der Waals surface area contributed by atoms with E-state index in [0.29, 0.717) is 18.8 Å². The van der Waals surface area contributed by atoms with E-state index in [-0.39, 0.29) is 5.91 Å². The van der Waals surface area contributed by atoms with Gasteiger partial charge in [0.15, 0.2) is 0 Å². The molecule has 1 aliphatic rings. The summed E-state index contributed by atoms with van der Waals surface area (Å²) in [5.41, 5.74) is 4.59. The van der Waals surface area contributed by atoms with Crippen LogP contribution in [-0.2, 0) is 13.0 Å². The Morgan fingerprint density at radius 3 is 3.12 bits per heavy atom. The van der Waals surface area contributed by atoms with Crippen LogP contribution >= 0.6 is 11.3 Å². The number of aromatic amines is 2. The highest BCUT2D eigenvalue weighted by Gasteiger charge is 2.25. The second-order valence-electron chi connectivity index (χ2n) is 6.11. The lowest BCUT2D eigenvalue weighted by atomic mass is 10.1. The van der Waals surface area contributed by atoms with Gasteiger partial charge in [-0.15, -0.1) is 11.3 Å². The average Bonchev–Trinajstić information content (AvgIpc) is 3.37. The number of nitrogens with one attached hydrogen (secondary N) is 2. The molecule has 1 aliphatic heterocycles. The third-order valence-corrected chi connectivity index (χ3v) is 5.42. The van der Waals surface area contributed by atoms with Crippen molar-refractivity contribution in [1.29, 1.82) is 0 Å². The Balaban J connectivity index is 1.41. The number of imidazole rings is 1. The minimum absolute atomic E-state index is 0.0288. The fraction of sp³-hybridized carbons (Fsp3) is 0.167. The maximum Gasteiger partial charge on any atom is 0.273 e. The molecule has 4 aromatic rings. The summed E-state index contributed by atoms with van der Waals surface area (Å²) in [6.07, 6.45) is 2.47. The van der Waals surface area contributed by atoms with E-state index in [4.69, 9.17) is 0 Å². The number of thiazole rings is 1. The van der Waals surface area contributed by atoms with Crippen LogP contribution in [0.4, 0.5) is 0 Å². The number of benzene rings is 1. The van der Waals surface area contributed by atoms with Gasteiger partial charge in [0.2, 0.25) is 0 Å². The van der Waals surface area contributed by atoms with Crippen LogP contribution < -0.4 is 0 Å². The molecule has 4 heterocycles. The van der Waals surface area contributed by atoms with Crippen molar-refractivity contribution in [2.75, 3.05) is 6.54 Å². The maximum atomic E-state index is 12.8. The van der Waals surface area contributed by atoms with Gasteiger partial charge in [-0.25, -0.2) is 9.97 Å². The lowest BCUT2D eigenvalue weighted by molar-refractivity contribution is 0.0727. The van der Waals surface area contributed by atoms with Gasteiger partial charge in [0.05, 0.1) is 30.0 Å². The lowest BCUT2D eigenvalue weighted by Crippen LogP contribution is -2.36. The highest BCUT2D eigenvalue weighted by molar-refractivity contribution is 7.13. The summed E-state index contributed by atoms with van der Waals surface area (Å²) in [6, 6.07) is 10.2. The zero-order valence-electron chi connectivity index (χ0n) is 13.3. The maximum absolute atomic E-state index is 12.8. The Morgan fingerprint density at radius 2 is 2.20 bits per heavy atom. The molecular weight excluding hydrogens is 334 g/mol. The van der Waals surface area contributed by atoms with E-state index in [1.807, 2.05) is 28.5 Å². The van der Waals surface area contributed by atoms with E-state index in [1.165, 1.54) is 11.3 Å². The molecule has 0 atom stereocenters. The highest BCUT2D eigenvalue weighted by Crippen LogP contribution is 2.27. The number of hydrogen-bond acceptors (Lipinski definition) is 4. The van der Waals surface area contributed by atoms with Gasteiger partial charge >= 0.3 is 0 Å². The van der Waals surface area contributed by atoms with Gasteiger partial charge in [-0.05, 0) is 12.1 Å². The fourth-order valence-electron chi connectivity index (χ4n) is 3.23. The summed E-state index contributed by atoms with van der Waals surface area (Å²) in [4.78, 5) is 29.9. The van der Waals surface area contributed by atoms with Crippen molar-refractivity contribution < 1.29 is 4.79 Å². The molecule has 1 aromatic carbocycles. The van der Waals surface area contributed by atoms with Crippen molar-refractivity contribution >= 4 is 28.1 Å². The van der Waals surface area contributed by atoms with Gasteiger partial charge in [0, 0.05) is 29.2 Å². The third kappa shape index (κ3) is 2.44. The van der Waals surface area contributed by atoms with Crippen LogP contribution in [0.3, 0.4) is 0 Å². The molecule has 0 fully saturated rings. The van der Waals surface area contributed by atoms with E-state index >= 15 is 0 Å². The number of amides is 1. The molecular formula is C18H15N5OS. The van der Waals surface area contributed by atoms with Crippen molar-refractivity contribution in [3.8, 4) is 10.7 Å². The SMILES string of the molecule is O=C(c1csc(-c2cc3ccccc3[nH]2)n1)N1CCc2nc[nH]c2C1. The molecule has 25 heavy (non-hydrogen) atoms. The van der Waals surface area contributed by atoms with Crippen molar-refractivity contribution in [1.82, 2.24) is 24.8 Å². The number of fused-ring (bicyclic) bond motifs is 2. The molecule has 1 amide bonds. The first-order chi connectivity index (χ1) is 12.3. The molecule has 0 saturated heterocycles. The van der Waals surface area contributed by atoms with Crippen LogP contribution in [0.2, 0.25) is 0 Å². The first-order valence-electron chi connectivity index (χ1n) is 8.12. The van der Waals surface area contributed by atoms with Crippen LogP contribution in [-0.4, -0.2) is 37.3 Å². The molecule has 0 saturated carbocycles. The molecule has 0 spiro atoms. The van der Waals surface area contributed by atoms with Crippen LogP contribution in [0.15, 0.2) is 42.0 Å². The van der Waals surface area contributed by atoms with Crippen molar-refractivity contribution in [3.63, 3.8) is 0 Å². The van der Waals surface area contributed by atoms with Gasteiger partial charge in [-0.1, -0.05) is 18.2 Å². The average molecular weight is 349 g/mol. The van der Waals surface area contributed by atoms with Crippen LogP contribution in [0, 0.1) is 0 Å². The quantitative estimate of drug-likeness (QED) is 0.583. The Kier molecular flexibility index (Phi) is 3.21. The summed E-state index contributed by atoms with van der Waals surface area (Å²) in [6.45, 7) is 1.24. The molecule has 7 heteroatoms. The van der Waals surface area contributed by atoms with E-state index in [0.717, 1.165) is 39.4 Å². The number of hydrogen-bond donors (Lipinski definition) is 2. The zero-order chi connectivity index (χ0) is 16.8. The second-order valence-corrected chi connectivity index (χ2v) is 6.97. The standard InChI is InChI=1S/C18H15N5OS/c24-18(23-6-5-13-15(8-23)20-10-19-13)16-9-25-17(22-16)14-7-11-3-1-2-4-12(11)21-14/h1-4,7,9-10,21H,5-6,8H2,(H,19,20). The molecule has 2 N–H and O–H groups in total. The number of rotatable bonds is 2. The monoisotopic (exact) mass is 349 g/mol. The van der Waals surface area contributed by atoms with E-state index < -0.39 is 0 Å². The molecule has 0 bridgehead atoms. The summed E-state index contributed by atoms with van der Waals surface area (Å²) in [7, 11) is 0. The molecule has 5 rings (SSSR count). The summed E-state index contributed by atoms with van der Waals surface area (Å²) < 4.78 is 0. The second kappa shape index (κ2) is 5.56. The Morgan fingerprint density at radius 1 is 1.28 bits per heavy atom. The minimum atomic E-state index is -0.0288. The summed E-state index contributed by atoms with van der Waals surface area (Å²) in [5.74, 6) is -0.0288. The van der Waals surface area contributed by atoms with E-state index in [9.17, 15) is 4.79 Å². The topological polar surface area (TPSA) is 77.7 Å².